The summed E-state index contributed by atoms with van der Waals surface area (Å²) in [7, 11) is 0. The van der Waals surface area contributed by atoms with Gasteiger partial charge in [0, 0.05) is 17.8 Å². The SMILES string of the molecule is O=C(CCCBr)Oc1cc(Cl)c(Cl)cc1Cl. The van der Waals surface area contributed by atoms with Crippen LogP contribution in [0.4, 0.5) is 0 Å². The third-order valence-corrected chi connectivity index (χ3v) is 3.29. The molecule has 0 radical (unpaired) electrons. The van der Waals surface area contributed by atoms with Crippen molar-refractivity contribution >= 4 is 56.7 Å². The average Bonchev–Trinajstić information content (AvgIpc) is 2.23. The van der Waals surface area contributed by atoms with E-state index in [1.54, 1.807) is 0 Å². The molecule has 0 saturated carbocycles. The van der Waals surface area contributed by atoms with Crippen molar-refractivity contribution in [3.05, 3.63) is 27.2 Å². The fraction of sp³-hybridized carbons (Fsp3) is 0.300. The normalized spacial score (nSPS) is 10.2. The minimum Gasteiger partial charge on any atom is -0.425 e. The number of ether oxygens (including phenoxy) is 1. The molecule has 0 amide bonds. The van der Waals surface area contributed by atoms with Crippen LogP contribution in [0.15, 0.2) is 12.1 Å². The summed E-state index contributed by atoms with van der Waals surface area (Å²) in [6.45, 7) is 0. The number of carbonyl (C=O) groups excluding carboxylic acids is 1. The largest absolute Gasteiger partial charge is 0.425 e. The van der Waals surface area contributed by atoms with Crippen molar-refractivity contribution in [3.63, 3.8) is 0 Å². The molecule has 0 aliphatic rings. The second kappa shape index (κ2) is 6.70. The molecule has 0 aliphatic heterocycles. The Labute approximate surface area is 117 Å². The van der Waals surface area contributed by atoms with Crippen molar-refractivity contribution in [2.24, 2.45) is 0 Å². The van der Waals surface area contributed by atoms with E-state index in [-0.39, 0.29) is 16.7 Å². The Morgan fingerprint density at radius 1 is 1.19 bits per heavy atom. The van der Waals surface area contributed by atoms with E-state index in [4.69, 9.17) is 39.5 Å². The van der Waals surface area contributed by atoms with Gasteiger partial charge < -0.3 is 4.74 Å². The van der Waals surface area contributed by atoms with Crippen molar-refractivity contribution in [2.75, 3.05) is 5.33 Å². The second-order valence-corrected chi connectivity index (χ2v) is 4.98. The lowest BCUT2D eigenvalue weighted by Crippen LogP contribution is -2.08. The number of hydrogen-bond acceptors (Lipinski definition) is 2. The van der Waals surface area contributed by atoms with Gasteiger partial charge in [0.25, 0.3) is 0 Å². The van der Waals surface area contributed by atoms with Crippen LogP contribution in [-0.2, 0) is 4.79 Å². The summed E-state index contributed by atoms with van der Waals surface area (Å²) in [6.07, 6.45) is 1.03. The number of rotatable bonds is 4. The lowest BCUT2D eigenvalue weighted by atomic mass is 10.3. The number of hydrogen-bond donors (Lipinski definition) is 0. The second-order valence-electron chi connectivity index (χ2n) is 2.96. The summed E-state index contributed by atoms with van der Waals surface area (Å²) in [5.41, 5.74) is 0. The van der Waals surface area contributed by atoms with Crippen LogP contribution in [0.5, 0.6) is 5.75 Å². The first-order valence-corrected chi connectivity index (χ1v) is 6.71. The predicted molar refractivity (Wildman–Crippen MR) is 70.1 cm³/mol. The molecule has 0 atom stereocenters. The van der Waals surface area contributed by atoms with E-state index in [9.17, 15) is 4.79 Å². The van der Waals surface area contributed by atoms with Crippen LogP contribution >= 0.6 is 50.7 Å². The molecule has 0 N–H and O–H groups in total. The van der Waals surface area contributed by atoms with Gasteiger partial charge in [-0.25, -0.2) is 0 Å². The third-order valence-electron chi connectivity index (χ3n) is 1.71. The summed E-state index contributed by atoms with van der Waals surface area (Å²) in [5.74, 6) is -0.115. The molecule has 1 aromatic rings. The maximum Gasteiger partial charge on any atom is 0.311 e. The van der Waals surface area contributed by atoms with Crippen LogP contribution in [-0.4, -0.2) is 11.3 Å². The fourth-order valence-electron chi connectivity index (χ4n) is 0.967. The summed E-state index contributed by atoms with van der Waals surface area (Å²) >= 11 is 20.6. The monoisotopic (exact) mass is 344 g/mol. The van der Waals surface area contributed by atoms with Crippen LogP contribution in [0.1, 0.15) is 12.8 Å². The number of halogens is 4. The summed E-state index contributed by atoms with van der Waals surface area (Å²) in [5, 5.41) is 1.64. The maximum absolute atomic E-state index is 11.3. The van der Waals surface area contributed by atoms with E-state index in [2.05, 4.69) is 15.9 Å². The molecule has 0 fully saturated rings. The predicted octanol–water partition coefficient (Wildman–Crippen LogP) is 4.73. The van der Waals surface area contributed by atoms with E-state index in [1.807, 2.05) is 0 Å². The standard InChI is InChI=1S/C10H8BrCl3O2/c11-3-1-2-10(15)16-9-5-7(13)6(12)4-8(9)14/h4-5H,1-3H2. The molecule has 6 heteroatoms. The minimum atomic E-state index is -0.347. The van der Waals surface area contributed by atoms with E-state index >= 15 is 0 Å². The Bertz CT molecular complexity index is 396. The molecule has 16 heavy (non-hydrogen) atoms. The van der Waals surface area contributed by atoms with Crippen LogP contribution < -0.4 is 4.74 Å². The quantitative estimate of drug-likeness (QED) is 0.341. The molecule has 0 unspecified atom stereocenters. The number of alkyl halides is 1. The molecule has 1 aromatic carbocycles. The molecule has 88 valence electrons. The molecular formula is C10H8BrCl3O2. The van der Waals surface area contributed by atoms with Crippen molar-refractivity contribution in [1.82, 2.24) is 0 Å². The number of esters is 1. The van der Waals surface area contributed by atoms with Crippen LogP contribution in [0, 0.1) is 0 Å². The average molecular weight is 346 g/mol. The lowest BCUT2D eigenvalue weighted by Gasteiger charge is -2.07. The van der Waals surface area contributed by atoms with E-state index in [0.29, 0.717) is 22.9 Å². The zero-order valence-corrected chi connectivity index (χ0v) is 12.0. The molecule has 0 aliphatic carbocycles. The lowest BCUT2D eigenvalue weighted by molar-refractivity contribution is -0.134. The molecule has 2 nitrogen and oxygen atoms in total. The van der Waals surface area contributed by atoms with Gasteiger partial charge >= 0.3 is 5.97 Å². The molecule has 0 heterocycles. The highest BCUT2D eigenvalue weighted by molar-refractivity contribution is 9.09. The fourth-order valence-corrected chi connectivity index (χ4v) is 1.82. The molecular weight excluding hydrogens is 338 g/mol. The zero-order valence-electron chi connectivity index (χ0n) is 8.10. The molecule has 0 spiro atoms. The van der Waals surface area contributed by atoms with Gasteiger partial charge in [-0.05, 0) is 12.5 Å². The van der Waals surface area contributed by atoms with E-state index in [0.717, 1.165) is 5.33 Å². The number of carbonyl (C=O) groups is 1. The highest BCUT2D eigenvalue weighted by Gasteiger charge is 2.11. The Hall–Kier alpha value is 0.0400. The molecule has 0 saturated heterocycles. The first-order valence-electron chi connectivity index (χ1n) is 4.45. The van der Waals surface area contributed by atoms with Gasteiger partial charge in [0.15, 0.2) is 5.75 Å². The van der Waals surface area contributed by atoms with Gasteiger partial charge in [-0.1, -0.05) is 50.7 Å². The first-order chi connectivity index (χ1) is 7.54. The van der Waals surface area contributed by atoms with Crippen molar-refractivity contribution in [1.29, 1.82) is 0 Å². The van der Waals surface area contributed by atoms with Gasteiger partial charge in [0.1, 0.15) is 0 Å². The van der Waals surface area contributed by atoms with Gasteiger partial charge in [-0.2, -0.15) is 0 Å². The Morgan fingerprint density at radius 3 is 2.44 bits per heavy atom. The topological polar surface area (TPSA) is 26.3 Å². The maximum atomic E-state index is 11.3. The Morgan fingerprint density at radius 2 is 1.81 bits per heavy atom. The highest BCUT2D eigenvalue weighted by Crippen LogP contribution is 2.34. The van der Waals surface area contributed by atoms with Gasteiger partial charge in [0.05, 0.1) is 15.1 Å². The molecule has 1 rings (SSSR count). The summed E-state index contributed by atoms with van der Waals surface area (Å²) in [4.78, 5) is 11.3. The molecule has 0 bridgehead atoms. The van der Waals surface area contributed by atoms with Crippen LogP contribution in [0.2, 0.25) is 15.1 Å². The van der Waals surface area contributed by atoms with Crippen molar-refractivity contribution < 1.29 is 9.53 Å². The smallest absolute Gasteiger partial charge is 0.311 e. The van der Waals surface area contributed by atoms with Crippen molar-refractivity contribution in [3.8, 4) is 5.75 Å². The Kier molecular flexibility index (Phi) is 5.90. The van der Waals surface area contributed by atoms with Crippen LogP contribution in [0.25, 0.3) is 0 Å². The van der Waals surface area contributed by atoms with E-state index in [1.165, 1.54) is 12.1 Å². The first kappa shape index (κ1) is 14.1. The number of benzene rings is 1. The Balaban J connectivity index is 2.73. The summed E-state index contributed by atoms with van der Waals surface area (Å²) in [6, 6.07) is 2.87. The van der Waals surface area contributed by atoms with Crippen molar-refractivity contribution in [2.45, 2.75) is 12.8 Å². The zero-order chi connectivity index (χ0) is 12.1. The highest BCUT2D eigenvalue weighted by atomic mass is 79.9. The van der Waals surface area contributed by atoms with Gasteiger partial charge in [0.2, 0.25) is 0 Å². The summed E-state index contributed by atoms with van der Waals surface area (Å²) < 4.78 is 5.05. The van der Waals surface area contributed by atoms with E-state index < -0.39 is 0 Å². The van der Waals surface area contributed by atoms with Gasteiger partial charge in [-0.3, -0.25) is 4.79 Å². The van der Waals surface area contributed by atoms with Gasteiger partial charge in [-0.15, -0.1) is 0 Å². The molecule has 0 aromatic heterocycles. The third kappa shape index (κ3) is 4.13. The van der Waals surface area contributed by atoms with Crippen LogP contribution in [0.3, 0.4) is 0 Å². The minimum absolute atomic E-state index is 0.232.